The summed E-state index contributed by atoms with van der Waals surface area (Å²) in [7, 11) is 0. The van der Waals surface area contributed by atoms with Crippen molar-refractivity contribution >= 4 is 17.7 Å². The summed E-state index contributed by atoms with van der Waals surface area (Å²) in [6.45, 7) is 5.81. The van der Waals surface area contributed by atoms with Gasteiger partial charge in [0, 0.05) is 12.1 Å². The van der Waals surface area contributed by atoms with E-state index < -0.39 is 0 Å². The van der Waals surface area contributed by atoms with Crippen molar-refractivity contribution in [1.29, 1.82) is 0 Å². The molecule has 0 aliphatic heterocycles. The SMILES string of the molecule is CCNC/C(=C/c1cccc(Cl)c1F)CC. The minimum atomic E-state index is -0.341. The molecule has 1 aromatic carbocycles. The van der Waals surface area contributed by atoms with Gasteiger partial charge in [0.05, 0.1) is 5.02 Å². The van der Waals surface area contributed by atoms with Crippen molar-refractivity contribution in [2.75, 3.05) is 13.1 Å². The van der Waals surface area contributed by atoms with Gasteiger partial charge < -0.3 is 5.32 Å². The Hall–Kier alpha value is -0.860. The highest BCUT2D eigenvalue weighted by Crippen LogP contribution is 2.20. The van der Waals surface area contributed by atoms with Crippen LogP contribution in [0.25, 0.3) is 6.08 Å². The van der Waals surface area contributed by atoms with Gasteiger partial charge in [-0.05, 0) is 19.0 Å². The van der Waals surface area contributed by atoms with Crippen LogP contribution in [0.5, 0.6) is 0 Å². The molecule has 0 saturated heterocycles. The van der Waals surface area contributed by atoms with E-state index in [9.17, 15) is 4.39 Å². The molecule has 1 N–H and O–H groups in total. The van der Waals surface area contributed by atoms with Crippen molar-refractivity contribution in [1.82, 2.24) is 5.32 Å². The van der Waals surface area contributed by atoms with Crippen LogP contribution in [-0.4, -0.2) is 13.1 Å². The number of rotatable bonds is 5. The van der Waals surface area contributed by atoms with E-state index in [1.807, 2.05) is 13.0 Å². The normalized spacial score (nSPS) is 11.9. The minimum Gasteiger partial charge on any atom is -0.313 e. The zero-order valence-electron chi connectivity index (χ0n) is 9.69. The van der Waals surface area contributed by atoms with Crippen LogP contribution < -0.4 is 5.32 Å². The van der Waals surface area contributed by atoms with E-state index in [4.69, 9.17) is 11.6 Å². The van der Waals surface area contributed by atoms with Crippen LogP contribution in [0.3, 0.4) is 0 Å². The summed E-state index contributed by atoms with van der Waals surface area (Å²) in [5, 5.41) is 3.40. The first kappa shape index (κ1) is 13.2. The van der Waals surface area contributed by atoms with Crippen molar-refractivity contribution in [3.05, 3.63) is 40.2 Å². The maximum Gasteiger partial charge on any atom is 0.148 e. The molecule has 0 aliphatic rings. The van der Waals surface area contributed by atoms with Crippen LogP contribution in [0.2, 0.25) is 5.02 Å². The van der Waals surface area contributed by atoms with E-state index in [2.05, 4.69) is 12.2 Å². The first-order valence-electron chi connectivity index (χ1n) is 5.53. The fourth-order valence-electron chi connectivity index (χ4n) is 1.42. The molecule has 0 aromatic heterocycles. The first-order chi connectivity index (χ1) is 7.69. The molecule has 1 nitrogen and oxygen atoms in total. The van der Waals surface area contributed by atoms with Crippen molar-refractivity contribution in [3.8, 4) is 0 Å². The predicted molar refractivity (Wildman–Crippen MR) is 68.2 cm³/mol. The van der Waals surface area contributed by atoms with E-state index >= 15 is 0 Å². The molecule has 0 saturated carbocycles. The molecular formula is C13H17ClFN. The lowest BCUT2D eigenvalue weighted by Gasteiger charge is -2.06. The molecule has 0 atom stereocenters. The third-order valence-corrected chi connectivity index (χ3v) is 2.69. The quantitative estimate of drug-likeness (QED) is 0.825. The van der Waals surface area contributed by atoms with Gasteiger partial charge in [-0.1, -0.05) is 49.2 Å². The lowest BCUT2D eigenvalue weighted by Crippen LogP contribution is -2.15. The van der Waals surface area contributed by atoms with Gasteiger partial charge in [-0.3, -0.25) is 0 Å². The second-order valence-corrected chi connectivity index (χ2v) is 3.99. The van der Waals surface area contributed by atoms with E-state index in [0.717, 1.165) is 19.5 Å². The van der Waals surface area contributed by atoms with E-state index in [0.29, 0.717) is 5.56 Å². The zero-order valence-corrected chi connectivity index (χ0v) is 10.4. The number of nitrogens with one attached hydrogen (secondary N) is 1. The predicted octanol–water partition coefficient (Wildman–Crippen LogP) is 3.88. The molecule has 0 bridgehead atoms. The molecular weight excluding hydrogens is 225 g/mol. The molecule has 88 valence electrons. The fourth-order valence-corrected chi connectivity index (χ4v) is 1.60. The highest BCUT2D eigenvalue weighted by Gasteiger charge is 2.04. The number of hydrogen-bond acceptors (Lipinski definition) is 1. The molecule has 0 heterocycles. The Labute approximate surface area is 101 Å². The Balaban J connectivity index is 2.90. The minimum absolute atomic E-state index is 0.174. The summed E-state index contributed by atoms with van der Waals surface area (Å²) >= 11 is 5.72. The number of halogens is 2. The Morgan fingerprint density at radius 2 is 2.19 bits per heavy atom. The van der Waals surface area contributed by atoms with Crippen molar-refractivity contribution in [2.45, 2.75) is 20.3 Å². The van der Waals surface area contributed by atoms with Gasteiger partial charge in [0.1, 0.15) is 5.82 Å². The molecule has 3 heteroatoms. The molecule has 0 amide bonds. The third-order valence-electron chi connectivity index (χ3n) is 2.40. The highest BCUT2D eigenvalue weighted by molar-refractivity contribution is 6.30. The van der Waals surface area contributed by atoms with Crippen LogP contribution in [-0.2, 0) is 0 Å². The Morgan fingerprint density at radius 3 is 2.81 bits per heavy atom. The van der Waals surface area contributed by atoms with Gasteiger partial charge in [0.2, 0.25) is 0 Å². The first-order valence-corrected chi connectivity index (χ1v) is 5.91. The van der Waals surface area contributed by atoms with Gasteiger partial charge in [0.25, 0.3) is 0 Å². The van der Waals surface area contributed by atoms with Gasteiger partial charge in [-0.25, -0.2) is 4.39 Å². The van der Waals surface area contributed by atoms with Crippen LogP contribution in [0.1, 0.15) is 25.8 Å². The molecule has 0 aliphatic carbocycles. The smallest absolute Gasteiger partial charge is 0.148 e. The van der Waals surface area contributed by atoms with E-state index in [1.165, 1.54) is 5.57 Å². The fraction of sp³-hybridized carbons (Fsp3) is 0.385. The van der Waals surface area contributed by atoms with Crippen LogP contribution >= 0.6 is 11.6 Å². The Kier molecular flexibility index (Phi) is 5.50. The van der Waals surface area contributed by atoms with Crippen LogP contribution in [0, 0.1) is 5.82 Å². The zero-order chi connectivity index (χ0) is 12.0. The maximum absolute atomic E-state index is 13.6. The van der Waals surface area contributed by atoms with E-state index in [-0.39, 0.29) is 10.8 Å². The van der Waals surface area contributed by atoms with Gasteiger partial charge in [0.15, 0.2) is 0 Å². The monoisotopic (exact) mass is 241 g/mol. The van der Waals surface area contributed by atoms with Crippen molar-refractivity contribution in [2.24, 2.45) is 0 Å². The highest BCUT2D eigenvalue weighted by atomic mass is 35.5. The summed E-state index contributed by atoms with van der Waals surface area (Å²) in [6, 6.07) is 5.06. The largest absolute Gasteiger partial charge is 0.313 e. The maximum atomic E-state index is 13.6. The Bertz CT molecular complexity index is 374. The molecule has 0 unspecified atom stereocenters. The lowest BCUT2D eigenvalue weighted by molar-refractivity contribution is 0.625. The van der Waals surface area contributed by atoms with Crippen LogP contribution in [0.15, 0.2) is 23.8 Å². The number of likely N-dealkylation sites (N-methyl/N-ethyl adjacent to an activating group) is 1. The molecule has 0 radical (unpaired) electrons. The second kappa shape index (κ2) is 6.66. The molecule has 0 fully saturated rings. The third kappa shape index (κ3) is 3.62. The topological polar surface area (TPSA) is 12.0 Å². The molecule has 1 aromatic rings. The average Bonchev–Trinajstić information content (AvgIpc) is 2.30. The summed E-state index contributed by atoms with van der Waals surface area (Å²) < 4.78 is 13.6. The van der Waals surface area contributed by atoms with Gasteiger partial charge in [-0.15, -0.1) is 0 Å². The summed E-state index contributed by atoms with van der Waals surface area (Å²) in [4.78, 5) is 0. The van der Waals surface area contributed by atoms with Crippen LogP contribution in [0.4, 0.5) is 4.39 Å². The summed E-state index contributed by atoms with van der Waals surface area (Å²) in [5.74, 6) is -0.341. The molecule has 16 heavy (non-hydrogen) atoms. The standard InChI is InChI=1S/C13H17ClFN/c1-3-10(9-16-4-2)8-11-6-5-7-12(14)13(11)15/h5-8,16H,3-4,9H2,1-2H3/b10-8+. The number of hydrogen-bond donors (Lipinski definition) is 1. The lowest BCUT2D eigenvalue weighted by atomic mass is 10.1. The average molecular weight is 242 g/mol. The van der Waals surface area contributed by atoms with Crippen molar-refractivity contribution < 1.29 is 4.39 Å². The van der Waals surface area contributed by atoms with Gasteiger partial charge >= 0.3 is 0 Å². The van der Waals surface area contributed by atoms with Gasteiger partial charge in [-0.2, -0.15) is 0 Å². The molecule has 1 rings (SSSR count). The summed E-state index contributed by atoms with van der Waals surface area (Å²) in [6.07, 6.45) is 2.77. The van der Waals surface area contributed by atoms with E-state index in [1.54, 1.807) is 18.2 Å². The second-order valence-electron chi connectivity index (χ2n) is 3.58. The number of benzene rings is 1. The molecule has 0 spiro atoms. The Morgan fingerprint density at radius 1 is 1.44 bits per heavy atom. The van der Waals surface area contributed by atoms with Crippen molar-refractivity contribution in [3.63, 3.8) is 0 Å². The summed E-state index contributed by atoms with van der Waals surface area (Å²) in [5.41, 5.74) is 1.73.